The van der Waals surface area contributed by atoms with Crippen LogP contribution in [0.15, 0.2) is 24.3 Å². The molecular formula is C22H34N2O3. The van der Waals surface area contributed by atoms with Crippen LogP contribution >= 0.6 is 0 Å². The van der Waals surface area contributed by atoms with Gasteiger partial charge in [-0.05, 0) is 77.6 Å². The van der Waals surface area contributed by atoms with Crippen LogP contribution in [0.25, 0.3) is 0 Å². The number of ether oxygens (including phenoxy) is 2. The number of methoxy groups -OCH3 is 1. The first-order valence-corrected chi connectivity index (χ1v) is 9.98. The lowest BCUT2D eigenvalue weighted by Gasteiger charge is -2.34. The Kier molecular flexibility index (Phi) is 5.71. The van der Waals surface area contributed by atoms with Gasteiger partial charge >= 0.3 is 0 Å². The Balaban J connectivity index is 1.63. The number of nitrogens with zero attached hydrogens (tertiary/aromatic N) is 2. The Morgan fingerprint density at radius 1 is 0.963 bits per heavy atom. The largest absolute Gasteiger partial charge is 0.493 e. The van der Waals surface area contributed by atoms with Gasteiger partial charge in [-0.2, -0.15) is 0 Å². The minimum Gasteiger partial charge on any atom is -0.493 e. The fourth-order valence-electron chi connectivity index (χ4n) is 4.90. The molecule has 2 unspecified atom stereocenters. The smallest absolute Gasteiger partial charge is 0.266 e. The van der Waals surface area contributed by atoms with Crippen molar-refractivity contribution in [1.82, 2.24) is 9.80 Å². The monoisotopic (exact) mass is 374 g/mol. The van der Waals surface area contributed by atoms with Crippen molar-refractivity contribution in [3.63, 3.8) is 0 Å². The zero-order valence-corrected chi connectivity index (χ0v) is 17.6. The number of carbonyl (C=O) groups is 1. The highest BCUT2D eigenvalue weighted by Gasteiger charge is 2.46. The van der Waals surface area contributed by atoms with E-state index in [1.807, 2.05) is 50.1 Å². The highest BCUT2D eigenvalue weighted by atomic mass is 16.5. The maximum atomic E-state index is 13.2. The van der Waals surface area contributed by atoms with E-state index in [1.54, 1.807) is 7.11 Å². The Morgan fingerprint density at radius 2 is 1.48 bits per heavy atom. The second-order valence-electron chi connectivity index (χ2n) is 8.91. The summed E-state index contributed by atoms with van der Waals surface area (Å²) < 4.78 is 11.4. The van der Waals surface area contributed by atoms with Gasteiger partial charge in [-0.15, -0.1) is 0 Å². The Hall–Kier alpha value is -1.75. The summed E-state index contributed by atoms with van der Waals surface area (Å²) in [4.78, 5) is 17.5. The minimum absolute atomic E-state index is 0.0301. The second kappa shape index (κ2) is 7.70. The Labute approximate surface area is 163 Å². The molecule has 2 aliphatic carbocycles. The standard InChI is InChI=1S/C22H34N2O3/c1-22(2,27-20-10-8-7-9-19(20)26-6)21(25)24(5)18-13-15-11-17(23(3)4)12-16(15)14-18/h7-10,15-18H,11-14H2,1-6H3/t15-,16+,17?,18?. The lowest BCUT2D eigenvalue weighted by atomic mass is 10.0. The number of carbonyl (C=O) groups excluding carboxylic acids is 1. The van der Waals surface area contributed by atoms with Gasteiger partial charge in [0.05, 0.1) is 7.11 Å². The van der Waals surface area contributed by atoms with Gasteiger partial charge in [-0.3, -0.25) is 4.79 Å². The van der Waals surface area contributed by atoms with Crippen LogP contribution in [0.5, 0.6) is 11.5 Å². The van der Waals surface area contributed by atoms with Crippen molar-refractivity contribution in [1.29, 1.82) is 0 Å². The predicted octanol–water partition coefficient (Wildman–Crippen LogP) is 3.43. The minimum atomic E-state index is -0.937. The summed E-state index contributed by atoms with van der Waals surface area (Å²) >= 11 is 0. The number of benzene rings is 1. The molecule has 0 heterocycles. The number of likely N-dealkylation sites (N-methyl/N-ethyl adjacent to an activating group) is 1. The van der Waals surface area contributed by atoms with Crippen LogP contribution in [0.4, 0.5) is 0 Å². The van der Waals surface area contributed by atoms with Crippen LogP contribution in [-0.4, -0.2) is 61.6 Å². The van der Waals surface area contributed by atoms with Crippen LogP contribution in [-0.2, 0) is 4.79 Å². The van der Waals surface area contributed by atoms with Crippen LogP contribution in [0.2, 0.25) is 0 Å². The lowest BCUT2D eigenvalue weighted by molar-refractivity contribution is -0.146. The molecule has 1 aromatic rings. The molecule has 0 aliphatic heterocycles. The number of fused-ring (bicyclic) bond motifs is 1. The van der Waals surface area contributed by atoms with Gasteiger partial charge in [-0.25, -0.2) is 0 Å². The number of rotatable bonds is 6. The Morgan fingerprint density at radius 3 is 2.00 bits per heavy atom. The van der Waals surface area contributed by atoms with Crippen molar-refractivity contribution in [3.8, 4) is 11.5 Å². The van der Waals surface area contributed by atoms with E-state index < -0.39 is 5.60 Å². The van der Waals surface area contributed by atoms with E-state index >= 15 is 0 Å². The first-order valence-electron chi connectivity index (χ1n) is 9.98. The first kappa shape index (κ1) is 20.0. The van der Waals surface area contributed by atoms with Gasteiger partial charge in [0.25, 0.3) is 5.91 Å². The molecule has 27 heavy (non-hydrogen) atoms. The quantitative estimate of drug-likeness (QED) is 0.765. The average molecular weight is 375 g/mol. The van der Waals surface area contributed by atoms with Crippen molar-refractivity contribution in [2.75, 3.05) is 28.3 Å². The first-order chi connectivity index (χ1) is 12.7. The van der Waals surface area contributed by atoms with E-state index in [9.17, 15) is 4.79 Å². The zero-order valence-electron chi connectivity index (χ0n) is 17.6. The summed E-state index contributed by atoms with van der Waals surface area (Å²) in [5, 5.41) is 0. The van der Waals surface area contributed by atoms with Crippen molar-refractivity contribution < 1.29 is 14.3 Å². The van der Waals surface area contributed by atoms with Crippen molar-refractivity contribution >= 4 is 5.91 Å². The van der Waals surface area contributed by atoms with Crippen LogP contribution in [0, 0.1) is 11.8 Å². The number of hydrogen-bond donors (Lipinski definition) is 0. The third-order valence-electron chi connectivity index (χ3n) is 6.51. The summed E-state index contributed by atoms with van der Waals surface area (Å²) in [5.74, 6) is 2.77. The summed E-state index contributed by atoms with van der Waals surface area (Å²) in [7, 11) is 7.90. The number of amides is 1. The molecule has 4 atom stereocenters. The van der Waals surface area contributed by atoms with Gasteiger partial charge in [0.1, 0.15) is 0 Å². The van der Waals surface area contributed by atoms with Crippen LogP contribution in [0.1, 0.15) is 39.5 Å². The molecule has 5 nitrogen and oxygen atoms in total. The molecule has 0 bridgehead atoms. The van der Waals surface area contributed by atoms with Crippen LogP contribution < -0.4 is 9.47 Å². The molecule has 5 heteroatoms. The summed E-state index contributed by atoms with van der Waals surface area (Å²) in [6.45, 7) is 3.69. The van der Waals surface area contributed by atoms with E-state index in [0.717, 1.165) is 24.7 Å². The highest BCUT2D eigenvalue weighted by Crippen LogP contribution is 2.46. The molecule has 2 fully saturated rings. The third-order valence-corrected chi connectivity index (χ3v) is 6.51. The van der Waals surface area contributed by atoms with Crippen molar-refractivity contribution in [2.24, 2.45) is 11.8 Å². The van der Waals surface area contributed by atoms with Crippen molar-refractivity contribution in [2.45, 2.75) is 57.2 Å². The maximum absolute atomic E-state index is 13.2. The highest BCUT2D eigenvalue weighted by molar-refractivity contribution is 5.85. The fraction of sp³-hybridized carbons (Fsp3) is 0.682. The Bertz CT molecular complexity index is 659. The molecule has 0 radical (unpaired) electrons. The van der Waals surface area contributed by atoms with Crippen molar-refractivity contribution in [3.05, 3.63) is 24.3 Å². The van der Waals surface area contributed by atoms with Gasteiger partial charge in [0.2, 0.25) is 0 Å². The molecule has 150 valence electrons. The normalized spacial score (nSPS) is 27.5. The van der Waals surface area contributed by atoms with E-state index in [-0.39, 0.29) is 5.91 Å². The molecule has 2 aliphatic rings. The summed E-state index contributed by atoms with van der Waals surface area (Å²) in [6, 6.07) is 8.49. The SMILES string of the molecule is COc1ccccc1OC(C)(C)C(=O)N(C)C1C[C@H]2CC(N(C)C)C[C@H]2C1. The molecule has 1 amide bonds. The molecule has 2 saturated carbocycles. The number of hydrogen-bond acceptors (Lipinski definition) is 4. The number of para-hydroxylation sites is 2. The van der Waals surface area contributed by atoms with E-state index in [4.69, 9.17) is 9.47 Å². The van der Waals surface area contributed by atoms with Gasteiger partial charge in [0, 0.05) is 19.1 Å². The molecule has 0 saturated heterocycles. The van der Waals surface area contributed by atoms with Gasteiger partial charge in [0.15, 0.2) is 17.1 Å². The molecule has 0 N–H and O–H groups in total. The second-order valence-corrected chi connectivity index (χ2v) is 8.91. The maximum Gasteiger partial charge on any atom is 0.266 e. The molecule has 0 spiro atoms. The molecule has 1 aromatic carbocycles. The van der Waals surface area contributed by atoms with Gasteiger partial charge < -0.3 is 19.3 Å². The summed E-state index contributed by atoms with van der Waals surface area (Å²) in [6.07, 6.45) is 4.75. The fourth-order valence-corrected chi connectivity index (χ4v) is 4.90. The third kappa shape index (κ3) is 4.08. The lowest BCUT2D eigenvalue weighted by Crippen LogP contribution is -2.50. The molecular weight excluding hydrogens is 340 g/mol. The van der Waals surface area contributed by atoms with Gasteiger partial charge in [-0.1, -0.05) is 12.1 Å². The van der Waals surface area contributed by atoms with Crippen LogP contribution in [0.3, 0.4) is 0 Å². The summed E-state index contributed by atoms with van der Waals surface area (Å²) in [5.41, 5.74) is -0.937. The van der Waals surface area contributed by atoms with E-state index in [1.165, 1.54) is 12.8 Å². The predicted molar refractivity (Wildman–Crippen MR) is 107 cm³/mol. The molecule has 3 rings (SSSR count). The molecule has 0 aromatic heterocycles. The zero-order chi connectivity index (χ0) is 19.8. The topological polar surface area (TPSA) is 42.0 Å². The van der Waals surface area contributed by atoms with E-state index in [2.05, 4.69) is 19.0 Å². The van der Waals surface area contributed by atoms with E-state index in [0.29, 0.717) is 23.6 Å². The average Bonchev–Trinajstić information content (AvgIpc) is 3.19.